The Kier molecular flexibility index (Phi) is 3.78. The van der Waals surface area contributed by atoms with Crippen molar-refractivity contribution in [2.24, 2.45) is 5.92 Å². The van der Waals surface area contributed by atoms with Crippen molar-refractivity contribution in [2.75, 3.05) is 0 Å². The van der Waals surface area contributed by atoms with Crippen molar-refractivity contribution >= 4 is 15.9 Å². The fraction of sp³-hybridized carbons (Fsp3) is 0.818. The number of hydrogen-bond acceptors (Lipinski definition) is 2. The Morgan fingerprint density at radius 2 is 2.27 bits per heavy atom. The topological polar surface area (TPSA) is 30.7 Å². The third-order valence-corrected chi connectivity index (χ3v) is 4.27. The van der Waals surface area contributed by atoms with Gasteiger partial charge in [-0.15, -0.1) is 5.10 Å². The van der Waals surface area contributed by atoms with Crippen LogP contribution < -0.4 is 0 Å². The summed E-state index contributed by atoms with van der Waals surface area (Å²) in [5.41, 5.74) is 1.07. The molecule has 1 aliphatic carbocycles. The largest absolute Gasteiger partial charge is 0.252 e. The molecule has 1 atom stereocenters. The minimum Gasteiger partial charge on any atom is -0.252 e. The van der Waals surface area contributed by atoms with E-state index in [0.29, 0.717) is 4.83 Å². The van der Waals surface area contributed by atoms with Crippen LogP contribution in [0.25, 0.3) is 0 Å². The average molecular weight is 272 g/mol. The van der Waals surface area contributed by atoms with E-state index in [0.717, 1.165) is 24.6 Å². The van der Waals surface area contributed by atoms with E-state index in [4.69, 9.17) is 0 Å². The normalized spacial score (nSPS) is 19.6. The van der Waals surface area contributed by atoms with Gasteiger partial charge in [-0.25, -0.2) is 0 Å². The Morgan fingerprint density at radius 1 is 1.53 bits per heavy atom. The monoisotopic (exact) mass is 271 g/mol. The van der Waals surface area contributed by atoms with Crippen molar-refractivity contribution in [1.82, 2.24) is 15.0 Å². The molecule has 1 aromatic rings. The first-order chi connectivity index (χ1) is 7.29. The summed E-state index contributed by atoms with van der Waals surface area (Å²) in [4.78, 5) is 0.356. The minimum absolute atomic E-state index is 0.356. The van der Waals surface area contributed by atoms with E-state index < -0.39 is 0 Å². The van der Waals surface area contributed by atoms with Crippen LogP contribution in [0.1, 0.15) is 49.5 Å². The van der Waals surface area contributed by atoms with Crippen LogP contribution in [-0.4, -0.2) is 15.0 Å². The maximum Gasteiger partial charge on any atom is 0.0963 e. The highest BCUT2D eigenvalue weighted by Gasteiger charge is 2.17. The van der Waals surface area contributed by atoms with Crippen LogP contribution in [0.15, 0.2) is 6.20 Å². The Bertz CT molecular complexity index is 305. The SMILES string of the molecule is CCC(Br)c1cn(CC2CCCC2)nn1. The molecule has 84 valence electrons. The standard InChI is InChI=1S/C11H18BrN3/c1-2-10(12)11-8-15(14-13-11)7-9-5-3-4-6-9/h8-10H,2-7H2,1H3. The van der Waals surface area contributed by atoms with Gasteiger partial charge < -0.3 is 0 Å². The predicted octanol–water partition coefficient (Wildman–Crippen LogP) is 3.31. The Balaban J connectivity index is 1.94. The molecular weight excluding hydrogens is 254 g/mol. The molecule has 0 aromatic carbocycles. The smallest absolute Gasteiger partial charge is 0.0963 e. The zero-order chi connectivity index (χ0) is 10.7. The van der Waals surface area contributed by atoms with Crippen LogP contribution in [0.5, 0.6) is 0 Å². The molecule has 0 aliphatic heterocycles. The van der Waals surface area contributed by atoms with Gasteiger partial charge in [0.2, 0.25) is 0 Å². The second kappa shape index (κ2) is 5.10. The van der Waals surface area contributed by atoms with Gasteiger partial charge >= 0.3 is 0 Å². The molecule has 1 heterocycles. The van der Waals surface area contributed by atoms with Gasteiger partial charge in [0.15, 0.2) is 0 Å². The second-order valence-corrected chi connectivity index (χ2v) is 5.50. The van der Waals surface area contributed by atoms with Crippen molar-refractivity contribution in [1.29, 1.82) is 0 Å². The molecule has 15 heavy (non-hydrogen) atoms. The number of alkyl halides is 1. The van der Waals surface area contributed by atoms with Crippen molar-refractivity contribution in [3.8, 4) is 0 Å². The Labute approximate surface area is 99.4 Å². The molecule has 0 spiro atoms. The summed E-state index contributed by atoms with van der Waals surface area (Å²) in [6.45, 7) is 3.20. The molecule has 0 bridgehead atoms. The summed E-state index contributed by atoms with van der Waals surface area (Å²) < 4.78 is 2.01. The molecule has 1 aliphatic rings. The highest BCUT2D eigenvalue weighted by molar-refractivity contribution is 9.09. The van der Waals surface area contributed by atoms with Crippen molar-refractivity contribution in [2.45, 2.75) is 50.4 Å². The van der Waals surface area contributed by atoms with Crippen LogP contribution in [0.4, 0.5) is 0 Å². The Morgan fingerprint density at radius 3 is 2.93 bits per heavy atom. The number of hydrogen-bond donors (Lipinski definition) is 0. The van der Waals surface area contributed by atoms with Crippen LogP contribution >= 0.6 is 15.9 Å². The molecule has 0 N–H and O–H groups in total. The molecule has 0 radical (unpaired) electrons. The van der Waals surface area contributed by atoms with Gasteiger partial charge in [0.05, 0.1) is 10.5 Å². The maximum atomic E-state index is 4.20. The fourth-order valence-corrected chi connectivity index (χ4v) is 2.42. The molecular formula is C11H18BrN3. The zero-order valence-corrected chi connectivity index (χ0v) is 10.8. The van der Waals surface area contributed by atoms with Gasteiger partial charge in [0, 0.05) is 12.7 Å². The lowest BCUT2D eigenvalue weighted by atomic mass is 10.1. The minimum atomic E-state index is 0.356. The number of halogens is 1. The number of nitrogens with zero attached hydrogens (tertiary/aromatic N) is 3. The first-order valence-corrected chi connectivity index (χ1v) is 6.75. The molecule has 0 saturated heterocycles. The maximum absolute atomic E-state index is 4.20. The van der Waals surface area contributed by atoms with Crippen LogP contribution in [0, 0.1) is 5.92 Å². The second-order valence-electron chi connectivity index (χ2n) is 4.39. The average Bonchev–Trinajstić information content (AvgIpc) is 2.88. The molecule has 2 rings (SSSR count). The van der Waals surface area contributed by atoms with Crippen LogP contribution in [0.2, 0.25) is 0 Å². The van der Waals surface area contributed by atoms with E-state index in [2.05, 4.69) is 39.4 Å². The van der Waals surface area contributed by atoms with E-state index in [1.807, 2.05) is 4.68 Å². The Hall–Kier alpha value is -0.380. The summed E-state index contributed by atoms with van der Waals surface area (Å²) in [5.74, 6) is 0.829. The van der Waals surface area contributed by atoms with E-state index in [1.165, 1.54) is 25.7 Å². The lowest BCUT2D eigenvalue weighted by molar-refractivity contribution is 0.421. The highest BCUT2D eigenvalue weighted by Crippen LogP contribution is 2.27. The quantitative estimate of drug-likeness (QED) is 0.787. The van der Waals surface area contributed by atoms with Crippen molar-refractivity contribution in [3.63, 3.8) is 0 Å². The first-order valence-electron chi connectivity index (χ1n) is 5.83. The van der Waals surface area contributed by atoms with Crippen LogP contribution in [-0.2, 0) is 6.54 Å². The lowest BCUT2D eigenvalue weighted by Crippen LogP contribution is -2.07. The lowest BCUT2D eigenvalue weighted by Gasteiger charge is -2.07. The van der Waals surface area contributed by atoms with Gasteiger partial charge in [0.1, 0.15) is 0 Å². The molecule has 4 heteroatoms. The third kappa shape index (κ3) is 2.80. The summed E-state index contributed by atoms with van der Waals surface area (Å²) in [7, 11) is 0. The molecule has 0 amide bonds. The summed E-state index contributed by atoms with van der Waals surface area (Å²) in [6.07, 6.45) is 8.65. The summed E-state index contributed by atoms with van der Waals surface area (Å²) >= 11 is 3.60. The van der Waals surface area contributed by atoms with Crippen molar-refractivity contribution < 1.29 is 0 Å². The first kappa shape index (κ1) is 11.1. The molecule has 1 aromatic heterocycles. The van der Waals surface area contributed by atoms with Gasteiger partial charge in [0.25, 0.3) is 0 Å². The van der Waals surface area contributed by atoms with Gasteiger partial charge in [-0.3, -0.25) is 4.68 Å². The van der Waals surface area contributed by atoms with E-state index in [1.54, 1.807) is 0 Å². The molecule has 1 fully saturated rings. The number of aromatic nitrogens is 3. The zero-order valence-electron chi connectivity index (χ0n) is 9.19. The van der Waals surface area contributed by atoms with Crippen molar-refractivity contribution in [3.05, 3.63) is 11.9 Å². The molecule has 1 saturated carbocycles. The van der Waals surface area contributed by atoms with Gasteiger partial charge in [-0.2, -0.15) is 0 Å². The third-order valence-electron chi connectivity index (χ3n) is 3.16. The number of rotatable bonds is 4. The van der Waals surface area contributed by atoms with E-state index in [9.17, 15) is 0 Å². The summed E-state index contributed by atoms with van der Waals surface area (Å²) in [6, 6.07) is 0. The van der Waals surface area contributed by atoms with Gasteiger partial charge in [-0.1, -0.05) is 40.9 Å². The molecule has 3 nitrogen and oxygen atoms in total. The van der Waals surface area contributed by atoms with E-state index in [-0.39, 0.29) is 0 Å². The summed E-state index contributed by atoms with van der Waals surface area (Å²) in [5, 5.41) is 8.38. The van der Waals surface area contributed by atoms with E-state index >= 15 is 0 Å². The predicted molar refractivity (Wildman–Crippen MR) is 63.9 cm³/mol. The van der Waals surface area contributed by atoms with Gasteiger partial charge in [-0.05, 0) is 25.2 Å². The highest BCUT2D eigenvalue weighted by atomic mass is 79.9. The molecule has 1 unspecified atom stereocenters. The van der Waals surface area contributed by atoms with Crippen LogP contribution in [0.3, 0.4) is 0 Å². The fourth-order valence-electron chi connectivity index (χ4n) is 2.21.